The number of rotatable bonds is 7. The summed E-state index contributed by atoms with van der Waals surface area (Å²) in [5.41, 5.74) is 0.548. The lowest BCUT2D eigenvalue weighted by Crippen LogP contribution is -2.19. The standard InChI is InChI=1S/C17H18N4O4/c1-3-24-16(22)13(17(23)25-4-2)11-20-14-7-10-19-15(21-14)12-5-8-18-9-6-12/h5-11H,3-4H2,1-2H3,(H,19,20,21). The minimum absolute atomic E-state index is 0.148. The molecule has 0 aromatic carbocycles. The second-order valence-corrected chi connectivity index (χ2v) is 4.64. The molecule has 0 aliphatic heterocycles. The smallest absolute Gasteiger partial charge is 0.347 e. The van der Waals surface area contributed by atoms with E-state index < -0.39 is 11.9 Å². The second kappa shape index (κ2) is 9.11. The van der Waals surface area contributed by atoms with E-state index in [4.69, 9.17) is 9.47 Å². The van der Waals surface area contributed by atoms with Crippen LogP contribution in [0.25, 0.3) is 11.4 Å². The number of anilines is 1. The topological polar surface area (TPSA) is 103 Å². The first-order valence-corrected chi connectivity index (χ1v) is 7.70. The van der Waals surface area contributed by atoms with Crippen LogP contribution in [0.1, 0.15) is 13.8 Å². The van der Waals surface area contributed by atoms with Crippen LogP contribution in [-0.4, -0.2) is 40.1 Å². The summed E-state index contributed by atoms with van der Waals surface area (Å²) in [7, 11) is 0. The average Bonchev–Trinajstić information content (AvgIpc) is 2.63. The molecule has 0 amide bonds. The van der Waals surface area contributed by atoms with Crippen LogP contribution >= 0.6 is 0 Å². The summed E-state index contributed by atoms with van der Waals surface area (Å²) in [5.74, 6) is -0.642. The molecule has 2 aromatic heterocycles. The maximum atomic E-state index is 11.9. The van der Waals surface area contributed by atoms with E-state index in [1.807, 2.05) is 0 Å². The molecule has 2 heterocycles. The van der Waals surface area contributed by atoms with Crippen LogP contribution in [0.5, 0.6) is 0 Å². The van der Waals surface area contributed by atoms with Gasteiger partial charge in [0.05, 0.1) is 13.2 Å². The van der Waals surface area contributed by atoms with Gasteiger partial charge in [-0.25, -0.2) is 19.6 Å². The molecule has 0 spiro atoms. The molecule has 0 bridgehead atoms. The molecule has 0 unspecified atom stereocenters. The van der Waals surface area contributed by atoms with Crippen LogP contribution in [-0.2, 0) is 19.1 Å². The van der Waals surface area contributed by atoms with E-state index in [1.54, 1.807) is 50.6 Å². The van der Waals surface area contributed by atoms with Crippen molar-refractivity contribution >= 4 is 17.8 Å². The zero-order valence-electron chi connectivity index (χ0n) is 13.9. The summed E-state index contributed by atoms with van der Waals surface area (Å²) >= 11 is 0. The molecule has 130 valence electrons. The zero-order valence-corrected chi connectivity index (χ0v) is 13.9. The molecule has 1 N–H and O–H groups in total. The SMILES string of the molecule is CCOC(=O)C(=CNc1ccnc(-c2ccncc2)n1)C(=O)OCC. The molecule has 0 fully saturated rings. The molecular weight excluding hydrogens is 324 g/mol. The first-order chi connectivity index (χ1) is 12.2. The van der Waals surface area contributed by atoms with E-state index in [1.165, 1.54) is 6.20 Å². The Bertz CT molecular complexity index is 742. The first kappa shape index (κ1) is 18.1. The number of ether oxygens (including phenoxy) is 2. The molecule has 0 saturated heterocycles. The lowest BCUT2D eigenvalue weighted by molar-refractivity contribution is -0.146. The summed E-state index contributed by atoms with van der Waals surface area (Å²) in [6.45, 7) is 3.60. The molecule has 0 saturated carbocycles. The minimum Gasteiger partial charge on any atom is -0.462 e. The van der Waals surface area contributed by atoms with Crippen molar-refractivity contribution in [2.45, 2.75) is 13.8 Å². The van der Waals surface area contributed by atoms with Gasteiger partial charge in [-0.1, -0.05) is 0 Å². The van der Waals surface area contributed by atoms with Crippen LogP contribution in [0, 0.1) is 0 Å². The van der Waals surface area contributed by atoms with Gasteiger partial charge in [0, 0.05) is 30.4 Å². The fourth-order valence-corrected chi connectivity index (χ4v) is 1.84. The predicted molar refractivity (Wildman–Crippen MR) is 90.2 cm³/mol. The summed E-state index contributed by atoms with van der Waals surface area (Å²) in [4.78, 5) is 36.2. The van der Waals surface area contributed by atoms with Gasteiger partial charge < -0.3 is 14.8 Å². The van der Waals surface area contributed by atoms with Gasteiger partial charge in [-0.2, -0.15) is 0 Å². The third-order valence-corrected chi connectivity index (χ3v) is 2.95. The van der Waals surface area contributed by atoms with Crippen molar-refractivity contribution in [2.75, 3.05) is 18.5 Å². The van der Waals surface area contributed by atoms with E-state index in [0.717, 1.165) is 5.56 Å². The van der Waals surface area contributed by atoms with Crippen LogP contribution in [0.4, 0.5) is 5.82 Å². The fraction of sp³-hybridized carbons (Fsp3) is 0.235. The summed E-state index contributed by atoms with van der Waals surface area (Å²) < 4.78 is 9.73. The Balaban J connectivity index is 2.22. The van der Waals surface area contributed by atoms with Crippen LogP contribution in [0.3, 0.4) is 0 Å². The van der Waals surface area contributed by atoms with Crippen LogP contribution < -0.4 is 5.32 Å². The van der Waals surface area contributed by atoms with E-state index in [-0.39, 0.29) is 18.8 Å². The van der Waals surface area contributed by atoms with E-state index in [0.29, 0.717) is 11.6 Å². The first-order valence-electron chi connectivity index (χ1n) is 7.70. The molecular formula is C17H18N4O4. The Morgan fingerprint density at radius 2 is 1.68 bits per heavy atom. The highest BCUT2D eigenvalue weighted by atomic mass is 16.6. The van der Waals surface area contributed by atoms with Gasteiger partial charge in [0.15, 0.2) is 11.4 Å². The number of hydrogen-bond acceptors (Lipinski definition) is 8. The summed E-state index contributed by atoms with van der Waals surface area (Å²) in [6, 6.07) is 5.16. The number of aromatic nitrogens is 3. The van der Waals surface area contributed by atoms with Crippen molar-refractivity contribution in [2.24, 2.45) is 0 Å². The number of pyridine rings is 1. The highest BCUT2D eigenvalue weighted by Gasteiger charge is 2.21. The lowest BCUT2D eigenvalue weighted by atomic mass is 10.2. The van der Waals surface area contributed by atoms with Crippen molar-refractivity contribution in [3.05, 3.63) is 48.6 Å². The van der Waals surface area contributed by atoms with Crippen molar-refractivity contribution < 1.29 is 19.1 Å². The largest absolute Gasteiger partial charge is 0.462 e. The van der Waals surface area contributed by atoms with Gasteiger partial charge in [-0.15, -0.1) is 0 Å². The molecule has 0 radical (unpaired) electrons. The minimum atomic E-state index is -0.767. The maximum absolute atomic E-state index is 11.9. The Hall–Kier alpha value is -3.29. The third-order valence-electron chi connectivity index (χ3n) is 2.95. The number of hydrogen-bond donors (Lipinski definition) is 1. The second-order valence-electron chi connectivity index (χ2n) is 4.64. The van der Waals surface area contributed by atoms with Crippen molar-refractivity contribution in [3.8, 4) is 11.4 Å². The van der Waals surface area contributed by atoms with Crippen molar-refractivity contribution in [3.63, 3.8) is 0 Å². The van der Waals surface area contributed by atoms with Gasteiger partial charge in [0.25, 0.3) is 0 Å². The van der Waals surface area contributed by atoms with E-state index >= 15 is 0 Å². The van der Waals surface area contributed by atoms with Crippen LogP contribution in [0.15, 0.2) is 48.6 Å². The monoisotopic (exact) mass is 342 g/mol. The molecule has 8 heteroatoms. The van der Waals surface area contributed by atoms with Crippen LogP contribution in [0.2, 0.25) is 0 Å². The molecule has 0 atom stereocenters. The molecule has 8 nitrogen and oxygen atoms in total. The maximum Gasteiger partial charge on any atom is 0.347 e. The van der Waals surface area contributed by atoms with Gasteiger partial charge in [-0.3, -0.25) is 4.98 Å². The molecule has 2 aromatic rings. The van der Waals surface area contributed by atoms with E-state index in [2.05, 4.69) is 20.3 Å². The quantitative estimate of drug-likeness (QED) is 0.352. The summed E-state index contributed by atoms with van der Waals surface area (Å²) in [5, 5.41) is 2.80. The Morgan fingerprint density at radius 1 is 1.04 bits per heavy atom. The molecule has 0 aliphatic carbocycles. The van der Waals surface area contributed by atoms with Gasteiger partial charge >= 0.3 is 11.9 Å². The van der Waals surface area contributed by atoms with E-state index in [9.17, 15) is 9.59 Å². The van der Waals surface area contributed by atoms with Crippen molar-refractivity contribution in [1.82, 2.24) is 15.0 Å². The molecule has 25 heavy (non-hydrogen) atoms. The van der Waals surface area contributed by atoms with Gasteiger partial charge in [0.2, 0.25) is 0 Å². The fourth-order valence-electron chi connectivity index (χ4n) is 1.84. The average molecular weight is 342 g/mol. The number of carbonyl (C=O) groups is 2. The number of nitrogens with zero attached hydrogens (tertiary/aromatic N) is 3. The van der Waals surface area contributed by atoms with Gasteiger partial charge in [0.1, 0.15) is 5.82 Å². The zero-order chi connectivity index (χ0) is 18.1. The highest BCUT2D eigenvalue weighted by Crippen LogP contribution is 2.15. The molecule has 2 rings (SSSR count). The normalized spacial score (nSPS) is 9.84. The highest BCUT2D eigenvalue weighted by molar-refractivity contribution is 6.14. The lowest BCUT2D eigenvalue weighted by Gasteiger charge is -2.08. The Morgan fingerprint density at radius 3 is 2.28 bits per heavy atom. The molecule has 0 aliphatic rings. The van der Waals surface area contributed by atoms with Gasteiger partial charge in [-0.05, 0) is 32.0 Å². The Labute approximate surface area is 144 Å². The number of nitrogens with one attached hydrogen (secondary N) is 1. The Kier molecular flexibility index (Phi) is 6.58. The summed E-state index contributed by atoms with van der Waals surface area (Å²) in [6.07, 6.45) is 6.05. The number of esters is 2. The number of carbonyl (C=O) groups excluding carboxylic acids is 2. The third kappa shape index (κ3) is 5.10. The van der Waals surface area contributed by atoms with Crippen molar-refractivity contribution in [1.29, 1.82) is 0 Å². The predicted octanol–water partition coefficient (Wildman–Crippen LogP) is 1.96.